The zero-order valence-corrected chi connectivity index (χ0v) is 16.6. The van der Waals surface area contributed by atoms with Gasteiger partial charge in [0.15, 0.2) is 0 Å². The highest BCUT2D eigenvalue weighted by atomic mass is 16.3. The van der Waals surface area contributed by atoms with Gasteiger partial charge >= 0.3 is 12.1 Å². The Labute approximate surface area is 164 Å². The van der Waals surface area contributed by atoms with Crippen molar-refractivity contribution in [2.45, 2.75) is 45.6 Å². The number of imide groups is 1. The van der Waals surface area contributed by atoms with Gasteiger partial charge in [0, 0.05) is 25.4 Å². The first-order valence-electron chi connectivity index (χ1n) is 9.65. The molecular weight excluding hydrogens is 360 g/mol. The van der Waals surface area contributed by atoms with Crippen LogP contribution in [-0.2, 0) is 4.79 Å². The average molecular weight is 388 g/mol. The van der Waals surface area contributed by atoms with Crippen LogP contribution in [0.15, 0.2) is 24.3 Å². The number of nitrogens with zero attached hydrogens (tertiary/aromatic N) is 2. The predicted octanol–water partition coefficient (Wildman–Crippen LogP) is 2.54. The number of carbonyl (C=O) groups is 3. The minimum Gasteiger partial charge on any atom is -0.396 e. The second-order valence-corrected chi connectivity index (χ2v) is 8.17. The van der Waals surface area contributed by atoms with Crippen molar-refractivity contribution < 1.29 is 19.5 Å². The van der Waals surface area contributed by atoms with Crippen molar-refractivity contribution in [1.29, 1.82) is 0 Å². The number of aliphatic hydroxyl groups is 1. The van der Waals surface area contributed by atoms with Crippen LogP contribution < -0.4 is 15.5 Å². The maximum atomic E-state index is 12.6. The Kier molecular flexibility index (Phi) is 5.34. The third kappa shape index (κ3) is 3.69. The molecule has 152 valence electrons. The number of urea groups is 2. The van der Waals surface area contributed by atoms with Crippen molar-refractivity contribution in [1.82, 2.24) is 10.2 Å². The number of piperidine rings is 1. The van der Waals surface area contributed by atoms with E-state index in [4.69, 9.17) is 0 Å². The standard InChI is InChI=1S/C20H28N4O4/c1-4-20(13-25)8-10-23(11-9-20)17(27)21-14-6-5-7-15(12-14)24-16(26)19(2,3)22-18(24)28/h5-7,12,25H,4,8-11,13H2,1-3H3,(H,21,27)(H,22,28). The van der Waals surface area contributed by atoms with E-state index in [1.54, 1.807) is 43.0 Å². The van der Waals surface area contributed by atoms with Crippen molar-refractivity contribution in [2.24, 2.45) is 5.41 Å². The summed E-state index contributed by atoms with van der Waals surface area (Å²) in [6, 6.07) is 5.99. The Morgan fingerprint density at radius 2 is 1.93 bits per heavy atom. The van der Waals surface area contributed by atoms with E-state index in [0.717, 1.165) is 24.2 Å². The third-order valence-corrected chi connectivity index (χ3v) is 5.91. The number of carbonyl (C=O) groups excluding carboxylic acids is 3. The van der Waals surface area contributed by atoms with Gasteiger partial charge in [0.1, 0.15) is 5.54 Å². The summed E-state index contributed by atoms with van der Waals surface area (Å²) in [7, 11) is 0. The fourth-order valence-corrected chi connectivity index (χ4v) is 3.72. The van der Waals surface area contributed by atoms with E-state index in [1.165, 1.54) is 0 Å². The molecule has 0 bridgehead atoms. The summed E-state index contributed by atoms with van der Waals surface area (Å²) in [6.45, 7) is 6.68. The van der Waals surface area contributed by atoms with Crippen LogP contribution in [0.3, 0.4) is 0 Å². The van der Waals surface area contributed by atoms with Crippen LogP contribution in [0, 0.1) is 5.41 Å². The molecule has 0 saturated carbocycles. The van der Waals surface area contributed by atoms with Gasteiger partial charge in [-0.25, -0.2) is 14.5 Å². The van der Waals surface area contributed by atoms with Crippen LogP contribution in [0.1, 0.15) is 40.0 Å². The summed E-state index contributed by atoms with van der Waals surface area (Å²) in [4.78, 5) is 40.1. The summed E-state index contributed by atoms with van der Waals surface area (Å²) in [5.41, 5.74) is -0.118. The quantitative estimate of drug-likeness (QED) is 0.690. The molecule has 3 rings (SSSR count). The van der Waals surface area contributed by atoms with E-state index in [-0.39, 0.29) is 24.0 Å². The minimum atomic E-state index is -0.956. The molecule has 2 saturated heterocycles. The van der Waals surface area contributed by atoms with Gasteiger partial charge in [-0.15, -0.1) is 0 Å². The molecule has 0 unspecified atom stereocenters. The smallest absolute Gasteiger partial charge is 0.329 e. The molecule has 0 aromatic heterocycles. The van der Waals surface area contributed by atoms with Gasteiger partial charge in [-0.2, -0.15) is 0 Å². The number of anilines is 2. The lowest BCUT2D eigenvalue weighted by Crippen LogP contribution is -2.46. The molecule has 0 radical (unpaired) electrons. The zero-order chi connectivity index (χ0) is 20.5. The molecule has 8 nitrogen and oxygen atoms in total. The third-order valence-electron chi connectivity index (χ3n) is 5.91. The van der Waals surface area contributed by atoms with Gasteiger partial charge in [0.25, 0.3) is 5.91 Å². The van der Waals surface area contributed by atoms with E-state index < -0.39 is 11.6 Å². The van der Waals surface area contributed by atoms with Gasteiger partial charge in [-0.1, -0.05) is 13.0 Å². The lowest BCUT2D eigenvalue weighted by molar-refractivity contribution is -0.121. The maximum Gasteiger partial charge on any atom is 0.329 e. The van der Waals surface area contributed by atoms with Crippen molar-refractivity contribution in [3.8, 4) is 0 Å². The Balaban J connectivity index is 1.68. The molecule has 2 heterocycles. The molecule has 0 spiro atoms. The summed E-state index contributed by atoms with van der Waals surface area (Å²) >= 11 is 0. The Bertz CT molecular complexity index is 778. The number of hydrogen-bond acceptors (Lipinski definition) is 4. The highest BCUT2D eigenvalue weighted by Gasteiger charge is 2.45. The van der Waals surface area contributed by atoms with Gasteiger partial charge in [0.2, 0.25) is 0 Å². The Hall–Kier alpha value is -2.61. The number of likely N-dealkylation sites (tertiary alicyclic amines) is 1. The first kappa shape index (κ1) is 20.1. The summed E-state index contributed by atoms with van der Waals surface area (Å²) in [5.74, 6) is -0.336. The highest BCUT2D eigenvalue weighted by molar-refractivity contribution is 6.23. The van der Waals surface area contributed by atoms with Gasteiger partial charge in [0.05, 0.1) is 5.69 Å². The molecule has 1 aromatic rings. The highest BCUT2D eigenvalue weighted by Crippen LogP contribution is 2.34. The predicted molar refractivity (Wildman–Crippen MR) is 106 cm³/mol. The number of benzene rings is 1. The molecule has 28 heavy (non-hydrogen) atoms. The second kappa shape index (κ2) is 7.43. The van der Waals surface area contributed by atoms with Gasteiger partial charge < -0.3 is 20.6 Å². The minimum absolute atomic E-state index is 0.0903. The van der Waals surface area contributed by atoms with Crippen molar-refractivity contribution >= 4 is 29.3 Å². The molecule has 0 aliphatic carbocycles. The molecule has 1 aromatic carbocycles. The summed E-state index contributed by atoms with van der Waals surface area (Å²) < 4.78 is 0. The van der Waals surface area contributed by atoms with Crippen LogP contribution in [-0.4, -0.2) is 53.2 Å². The van der Waals surface area contributed by atoms with Crippen LogP contribution >= 0.6 is 0 Å². The average Bonchev–Trinajstić information content (AvgIpc) is 2.88. The summed E-state index contributed by atoms with van der Waals surface area (Å²) in [5, 5.41) is 15.1. The first-order valence-corrected chi connectivity index (χ1v) is 9.65. The van der Waals surface area contributed by atoms with Crippen molar-refractivity contribution in [3.05, 3.63) is 24.3 Å². The van der Waals surface area contributed by atoms with Gasteiger partial charge in [-0.05, 0) is 56.7 Å². The molecule has 3 N–H and O–H groups in total. The Morgan fingerprint density at radius 1 is 1.25 bits per heavy atom. The number of amides is 5. The fourth-order valence-electron chi connectivity index (χ4n) is 3.72. The van der Waals surface area contributed by atoms with E-state index in [2.05, 4.69) is 17.6 Å². The maximum absolute atomic E-state index is 12.6. The lowest BCUT2D eigenvalue weighted by Gasteiger charge is -2.40. The first-order chi connectivity index (χ1) is 13.2. The molecule has 2 fully saturated rings. The molecule has 2 aliphatic heterocycles. The van der Waals surface area contributed by atoms with E-state index >= 15 is 0 Å². The fraction of sp³-hybridized carbons (Fsp3) is 0.550. The number of rotatable bonds is 4. The van der Waals surface area contributed by atoms with E-state index in [0.29, 0.717) is 24.5 Å². The number of nitrogens with one attached hydrogen (secondary N) is 2. The van der Waals surface area contributed by atoms with Crippen LogP contribution in [0.4, 0.5) is 21.0 Å². The second-order valence-electron chi connectivity index (χ2n) is 8.17. The zero-order valence-electron chi connectivity index (χ0n) is 16.6. The normalized spacial score (nSPS) is 20.9. The molecular formula is C20H28N4O4. The number of aliphatic hydroxyl groups excluding tert-OH is 1. The van der Waals surface area contributed by atoms with Crippen LogP contribution in [0.5, 0.6) is 0 Å². The SMILES string of the molecule is CCC1(CO)CCN(C(=O)Nc2cccc(N3C(=O)NC(C)(C)C3=O)c2)CC1. The van der Waals surface area contributed by atoms with Gasteiger partial charge in [-0.3, -0.25) is 4.79 Å². The van der Waals surface area contributed by atoms with E-state index in [1.807, 2.05) is 0 Å². The van der Waals surface area contributed by atoms with Crippen molar-refractivity contribution in [2.75, 3.05) is 29.9 Å². The molecule has 2 aliphatic rings. The molecule has 8 heteroatoms. The van der Waals surface area contributed by atoms with Crippen LogP contribution in [0.25, 0.3) is 0 Å². The van der Waals surface area contributed by atoms with Crippen LogP contribution in [0.2, 0.25) is 0 Å². The largest absolute Gasteiger partial charge is 0.396 e. The lowest BCUT2D eigenvalue weighted by atomic mass is 9.77. The molecule has 0 atom stereocenters. The Morgan fingerprint density at radius 3 is 2.46 bits per heavy atom. The molecule has 5 amide bonds. The monoisotopic (exact) mass is 388 g/mol. The van der Waals surface area contributed by atoms with E-state index in [9.17, 15) is 19.5 Å². The van der Waals surface area contributed by atoms with Crippen molar-refractivity contribution in [3.63, 3.8) is 0 Å². The topological polar surface area (TPSA) is 102 Å². The summed E-state index contributed by atoms with van der Waals surface area (Å²) in [6.07, 6.45) is 2.43. The number of hydrogen-bond donors (Lipinski definition) is 3.